The van der Waals surface area contributed by atoms with Crippen molar-refractivity contribution in [3.63, 3.8) is 0 Å². The van der Waals surface area contributed by atoms with Crippen LogP contribution in [0.15, 0.2) is 23.1 Å². The highest BCUT2D eigenvalue weighted by Crippen LogP contribution is 2.51. The topological polar surface area (TPSA) is 29.5 Å². The Labute approximate surface area is 136 Å². The van der Waals surface area contributed by atoms with Crippen molar-refractivity contribution in [2.24, 2.45) is 11.8 Å². The highest BCUT2D eigenvalue weighted by Gasteiger charge is 2.55. The number of thiophene rings is 1. The maximum Gasteiger partial charge on any atom is 0.311 e. The summed E-state index contributed by atoms with van der Waals surface area (Å²) in [5.41, 5.74) is 1.43. The lowest BCUT2D eigenvalue weighted by atomic mass is 9.71. The molecule has 0 aliphatic carbocycles. The Hall–Kier alpha value is -1.13. The Morgan fingerprint density at radius 1 is 1.45 bits per heavy atom. The smallest absolute Gasteiger partial charge is 0.311 e. The maximum atomic E-state index is 12.7. The molecular weight excluding hydrogens is 294 g/mol. The van der Waals surface area contributed by atoms with E-state index < -0.39 is 0 Å². The second-order valence-corrected chi connectivity index (χ2v) is 8.04. The number of rotatable bonds is 3. The lowest BCUT2D eigenvalue weighted by molar-refractivity contribution is -0.160. The van der Waals surface area contributed by atoms with Crippen molar-refractivity contribution < 1.29 is 9.53 Å². The Balaban J connectivity index is 1.65. The fourth-order valence-corrected chi connectivity index (χ4v) is 5.30. The number of carbonyl (C=O) groups excluding carboxylic acids is 1. The minimum Gasteiger partial charge on any atom is -0.463 e. The normalized spacial score (nSPS) is 38.0. The van der Waals surface area contributed by atoms with E-state index in [0.29, 0.717) is 18.0 Å². The Morgan fingerprint density at radius 3 is 3.05 bits per heavy atom. The van der Waals surface area contributed by atoms with Gasteiger partial charge in [-0.3, -0.25) is 9.69 Å². The van der Waals surface area contributed by atoms with Crippen LogP contribution >= 0.6 is 11.3 Å². The SMILES string of the molecule is CC(C)OC(=O)[C@H]1[C@@H]2C[C@@H]3CC[C@H]1N3C/C2=C\c1cccs1. The van der Waals surface area contributed by atoms with Crippen LogP contribution < -0.4 is 0 Å². The minimum absolute atomic E-state index is 0.0205. The molecule has 1 aromatic heterocycles. The monoisotopic (exact) mass is 317 g/mol. The molecule has 4 aliphatic heterocycles. The third-order valence-electron chi connectivity index (χ3n) is 5.40. The van der Waals surface area contributed by atoms with Crippen LogP contribution in [0.5, 0.6) is 0 Å². The number of esters is 1. The summed E-state index contributed by atoms with van der Waals surface area (Å²) in [7, 11) is 0. The van der Waals surface area contributed by atoms with Gasteiger partial charge in [-0.15, -0.1) is 11.3 Å². The summed E-state index contributed by atoms with van der Waals surface area (Å²) < 4.78 is 5.59. The molecule has 0 saturated carbocycles. The largest absolute Gasteiger partial charge is 0.463 e. The number of piperidine rings is 3. The highest BCUT2D eigenvalue weighted by atomic mass is 32.1. The summed E-state index contributed by atoms with van der Waals surface area (Å²) in [6.45, 7) is 4.93. The van der Waals surface area contributed by atoms with Crippen molar-refractivity contribution in [3.05, 3.63) is 28.0 Å². The van der Waals surface area contributed by atoms with Gasteiger partial charge in [0.05, 0.1) is 12.0 Å². The molecule has 1 unspecified atom stereocenters. The molecule has 1 aromatic rings. The number of hydrogen-bond acceptors (Lipinski definition) is 4. The first-order valence-corrected chi connectivity index (χ1v) is 9.21. The predicted molar refractivity (Wildman–Crippen MR) is 88.6 cm³/mol. The van der Waals surface area contributed by atoms with E-state index in [4.69, 9.17) is 4.74 Å². The Morgan fingerprint density at radius 2 is 2.32 bits per heavy atom. The van der Waals surface area contributed by atoms with Gasteiger partial charge in [0, 0.05) is 23.5 Å². The van der Waals surface area contributed by atoms with Crippen LogP contribution in [0.4, 0.5) is 0 Å². The number of nitrogens with zero attached hydrogens (tertiary/aromatic N) is 1. The molecule has 4 saturated heterocycles. The fourth-order valence-electron chi connectivity index (χ4n) is 4.61. The molecule has 5 atom stereocenters. The van der Waals surface area contributed by atoms with Crippen molar-refractivity contribution in [2.75, 3.05) is 6.54 Å². The lowest BCUT2D eigenvalue weighted by Crippen LogP contribution is -2.58. The number of carbonyl (C=O) groups is 1. The van der Waals surface area contributed by atoms with Crippen molar-refractivity contribution in [3.8, 4) is 0 Å². The van der Waals surface area contributed by atoms with Crippen LogP contribution in [0.25, 0.3) is 6.08 Å². The molecule has 118 valence electrons. The summed E-state index contributed by atoms with van der Waals surface area (Å²) in [5.74, 6) is 0.448. The second kappa shape index (κ2) is 5.50. The zero-order valence-electron chi connectivity index (χ0n) is 13.2. The van der Waals surface area contributed by atoms with Gasteiger partial charge in [0.15, 0.2) is 0 Å². The third kappa shape index (κ3) is 2.33. The van der Waals surface area contributed by atoms with Gasteiger partial charge in [0.1, 0.15) is 0 Å². The van der Waals surface area contributed by atoms with E-state index in [-0.39, 0.29) is 18.0 Å². The highest BCUT2D eigenvalue weighted by molar-refractivity contribution is 7.10. The molecule has 0 aromatic carbocycles. The first kappa shape index (κ1) is 14.5. The summed E-state index contributed by atoms with van der Waals surface area (Å²) in [5, 5.41) is 2.11. The molecule has 22 heavy (non-hydrogen) atoms. The molecule has 4 heteroatoms. The van der Waals surface area contributed by atoms with E-state index in [1.165, 1.54) is 16.9 Å². The first-order valence-electron chi connectivity index (χ1n) is 8.33. The molecule has 5 rings (SSSR count). The zero-order chi connectivity index (χ0) is 15.3. The number of ether oxygens (including phenoxy) is 1. The van der Waals surface area contributed by atoms with Gasteiger partial charge in [-0.2, -0.15) is 0 Å². The molecule has 4 bridgehead atoms. The number of hydrogen-bond donors (Lipinski definition) is 0. The first-order chi connectivity index (χ1) is 10.6. The molecule has 0 spiro atoms. The Kier molecular flexibility index (Phi) is 3.61. The molecule has 4 fully saturated rings. The van der Waals surface area contributed by atoms with Crippen LogP contribution in [0.1, 0.15) is 38.0 Å². The summed E-state index contributed by atoms with van der Waals surface area (Å²) in [6, 6.07) is 5.35. The molecular formula is C18H23NO2S. The molecule has 3 nitrogen and oxygen atoms in total. The zero-order valence-corrected chi connectivity index (χ0v) is 14.0. The third-order valence-corrected chi connectivity index (χ3v) is 6.22. The van der Waals surface area contributed by atoms with E-state index in [2.05, 4.69) is 28.5 Å². The van der Waals surface area contributed by atoms with Crippen molar-refractivity contribution in [1.82, 2.24) is 4.90 Å². The van der Waals surface area contributed by atoms with Crippen LogP contribution in [0.2, 0.25) is 0 Å². The molecule has 0 N–H and O–H groups in total. The van der Waals surface area contributed by atoms with Gasteiger partial charge in [-0.05, 0) is 56.6 Å². The lowest BCUT2D eigenvalue weighted by Gasteiger charge is -2.50. The molecule has 5 heterocycles. The molecule has 0 radical (unpaired) electrons. The fraction of sp³-hybridized carbons (Fsp3) is 0.611. The van der Waals surface area contributed by atoms with Crippen LogP contribution in [-0.4, -0.2) is 35.6 Å². The van der Waals surface area contributed by atoms with Crippen molar-refractivity contribution >= 4 is 23.4 Å². The summed E-state index contributed by atoms with van der Waals surface area (Å²) in [6.07, 6.45) is 5.83. The molecule has 0 amide bonds. The van der Waals surface area contributed by atoms with E-state index in [9.17, 15) is 4.79 Å². The predicted octanol–water partition coefficient (Wildman–Crippen LogP) is 3.57. The second-order valence-electron chi connectivity index (χ2n) is 7.06. The van der Waals surface area contributed by atoms with Crippen LogP contribution in [-0.2, 0) is 9.53 Å². The quantitative estimate of drug-likeness (QED) is 0.798. The van der Waals surface area contributed by atoms with E-state index >= 15 is 0 Å². The van der Waals surface area contributed by atoms with Gasteiger partial charge in [0.25, 0.3) is 0 Å². The average Bonchev–Trinajstić information content (AvgIpc) is 3.07. The van der Waals surface area contributed by atoms with Gasteiger partial charge < -0.3 is 4.74 Å². The van der Waals surface area contributed by atoms with Gasteiger partial charge in [-0.25, -0.2) is 0 Å². The molecule has 4 aliphatic rings. The van der Waals surface area contributed by atoms with Gasteiger partial charge in [0.2, 0.25) is 0 Å². The maximum absolute atomic E-state index is 12.7. The van der Waals surface area contributed by atoms with Gasteiger partial charge in [-0.1, -0.05) is 11.6 Å². The number of fused-ring (bicyclic) bond motifs is 1. The van der Waals surface area contributed by atoms with Gasteiger partial charge >= 0.3 is 5.97 Å². The Bertz CT molecular complexity index is 592. The van der Waals surface area contributed by atoms with Crippen LogP contribution in [0.3, 0.4) is 0 Å². The summed E-state index contributed by atoms with van der Waals surface area (Å²) in [4.78, 5) is 16.5. The minimum atomic E-state index is -0.0233. The standard InChI is InChI=1S/C18H23NO2S/c1-11(2)21-18(20)17-15-9-13-5-6-16(17)19(13)10-12(15)8-14-4-3-7-22-14/h3-4,7-8,11,13,15-17H,5-6,9-10H2,1-2H3/b12-8+/t13-,15+,16+,17-/m0/s1. The van der Waals surface area contributed by atoms with E-state index in [0.717, 1.165) is 19.4 Å². The van der Waals surface area contributed by atoms with Crippen molar-refractivity contribution in [1.29, 1.82) is 0 Å². The van der Waals surface area contributed by atoms with E-state index in [1.54, 1.807) is 11.3 Å². The summed E-state index contributed by atoms with van der Waals surface area (Å²) >= 11 is 1.77. The average molecular weight is 317 g/mol. The van der Waals surface area contributed by atoms with Crippen molar-refractivity contribution in [2.45, 2.75) is 51.3 Å². The van der Waals surface area contributed by atoms with Crippen LogP contribution in [0, 0.1) is 11.8 Å². The van der Waals surface area contributed by atoms with E-state index in [1.807, 2.05) is 13.8 Å².